The van der Waals surface area contributed by atoms with E-state index in [2.05, 4.69) is 10.6 Å². The number of amides is 4. The van der Waals surface area contributed by atoms with Crippen LogP contribution in [0, 0.1) is 0 Å². The Morgan fingerprint density at radius 1 is 1.15 bits per heavy atom. The summed E-state index contributed by atoms with van der Waals surface area (Å²) in [7, 11) is 1.55. The number of fused-ring (bicyclic) bond motifs is 1. The van der Waals surface area contributed by atoms with Gasteiger partial charge < -0.3 is 24.8 Å². The van der Waals surface area contributed by atoms with Crippen LogP contribution >= 0.6 is 0 Å². The highest BCUT2D eigenvalue weighted by atomic mass is 16.6. The molecule has 1 saturated heterocycles. The second-order valence-corrected chi connectivity index (χ2v) is 8.11. The Balaban J connectivity index is 1.45. The normalized spacial score (nSPS) is 20.3. The van der Waals surface area contributed by atoms with E-state index in [1.165, 1.54) is 0 Å². The number of rotatable bonds is 7. The molecule has 9 heteroatoms. The van der Waals surface area contributed by atoms with Gasteiger partial charge in [0.05, 0.1) is 13.2 Å². The third-order valence-electron chi connectivity index (χ3n) is 5.96. The molecule has 0 aliphatic carbocycles. The van der Waals surface area contributed by atoms with Crippen LogP contribution in [0.15, 0.2) is 42.5 Å². The summed E-state index contributed by atoms with van der Waals surface area (Å²) in [5.74, 6) is 1.03. The zero-order valence-corrected chi connectivity index (χ0v) is 18.8. The molecule has 0 radical (unpaired) electrons. The van der Waals surface area contributed by atoms with Crippen LogP contribution in [-0.4, -0.2) is 49.6 Å². The summed E-state index contributed by atoms with van der Waals surface area (Å²) in [6, 6.07) is 11.5. The second kappa shape index (κ2) is 9.01. The number of imide groups is 1. The number of urea groups is 1. The minimum absolute atomic E-state index is 0.304. The lowest BCUT2D eigenvalue weighted by Crippen LogP contribution is -2.43. The molecule has 2 atom stereocenters. The zero-order valence-electron chi connectivity index (χ0n) is 18.8. The molecule has 1 fully saturated rings. The molecule has 0 spiro atoms. The molecule has 0 aromatic heterocycles. The van der Waals surface area contributed by atoms with E-state index in [1.807, 2.05) is 25.1 Å². The molecule has 0 saturated carbocycles. The molecule has 174 valence electrons. The van der Waals surface area contributed by atoms with E-state index in [-0.39, 0.29) is 12.6 Å². The second-order valence-electron chi connectivity index (χ2n) is 8.11. The highest BCUT2D eigenvalue weighted by Gasteiger charge is 2.49. The first-order chi connectivity index (χ1) is 15.9. The van der Waals surface area contributed by atoms with E-state index in [4.69, 9.17) is 14.2 Å². The minimum atomic E-state index is -1.26. The maximum Gasteiger partial charge on any atom is 0.325 e. The van der Waals surface area contributed by atoms with Crippen LogP contribution in [-0.2, 0) is 15.1 Å². The van der Waals surface area contributed by atoms with Crippen molar-refractivity contribution in [2.45, 2.75) is 31.8 Å². The van der Waals surface area contributed by atoms with Gasteiger partial charge in [-0.05, 0) is 48.7 Å². The average Bonchev–Trinajstić information content (AvgIpc) is 3.06. The fraction of sp³-hybridized carbons (Fsp3) is 0.375. The van der Waals surface area contributed by atoms with Crippen LogP contribution in [0.1, 0.15) is 37.4 Å². The van der Waals surface area contributed by atoms with E-state index >= 15 is 0 Å². The van der Waals surface area contributed by atoms with Gasteiger partial charge in [0.1, 0.15) is 31.0 Å². The van der Waals surface area contributed by atoms with Crippen LogP contribution < -0.4 is 24.8 Å². The van der Waals surface area contributed by atoms with Crippen molar-refractivity contribution in [2.75, 3.05) is 26.9 Å². The number of hydrogen-bond acceptors (Lipinski definition) is 6. The van der Waals surface area contributed by atoms with Crippen molar-refractivity contribution in [3.05, 3.63) is 53.6 Å². The number of carbonyl (C=O) groups excluding carboxylic acids is 3. The number of methoxy groups -OCH3 is 1. The highest BCUT2D eigenvalue weighted by molar-refractivity contribution is 6.09. The Morgan fingerprint density at radius 3 is 2.52 bits per heavy atom. The number of carbonyl (C=O) groups is 3. The Kier molecular flexibility index (Phi) is 6.13. The van der Waals surface area contributed by atoms with Crippen molar-refractivity contribution in [2.24, 2.45) is 0 Å². The van der Waals surface area contributed by atoms with E-state index < -0.39 is 23.4 Å². The van der Waals surface area contributed by atoms with Crippen molar-refractivity contribution in [1.82, 2.24) is 15.5 Å². The van der Waals surface area contributed by atoms with Gasteiger partial charge in [0.15, 0.2) is 11.5 Å². The zero-order chi connectivity index (χ0) is 23.6. The van der Waals surface area contributed by atoms with Gasteiger partial charge in [0.25, 0.3) is 5.91 Å². The van der Waals surface area contributed by atoms with E-state index in [0.717, 1.165) is 10.5 Å². The molecule has 0 bridgehead atoms. The van der Waals surface area contributed by atoms with Crippen molar-refractivity contribution in [1.29, 1.82) is 0 Å². The first kappa shape index (κ1) is 22.4. The summed E-state index contributed by atoms with van der Waals surface area (Å²) < 4.78 is 16.3. The molecule has 2 heterocycles. The molecule has 2 aliphatic heterocycles. The van der Waals surface area contributed by atoms with Gasteiger partial charge in [-0.2, -0.15) is 0 Å². The summed E-state index contributed by atoms with van der Waals surface area (Å²) in [5, 5.41) is 5.62. The SMILES string of the molecule is CCC(NC(=O)CN1C(=O)NC(C)(c2ccc(OC)cc2)C1=O)c1ccc2c(c1)OCCO2. The molecule has 2 N–H and O–H groups in total. The maximum atomic E-state index is 13.1. The Bertz CT molecular complexity index is 1070. The fourth-order valence-corrected chi connectivity index (χ4v) is 4.04. The fourth-order valence-electron chi connectivity index (χ4n) is 4.04. The topological polar surface area (TPSA) is 106 Å². The Morgan fingerprint density at radius 2 is 1.85 bits per heavy atom. The summed E-state index contributed by atoms with van der Waals surface area (Å²) in [5.41, 5.74) is 0.200. The van der Waals surface area contributed by atoms with Gasteiger partial charge in [-0.1, -0.05) is 25.1 Å². The molecule has 4 rings (SSSR count). The number of nitrogens with zero attached hydrogens (tertiary/aromatic N) is 1. The lowest BCUT2D eigenvalue weighted by molar-refractivity contribution is -0.135. The van der Waals surface area contributed by atoms with Crippen molar-refractivity contribution in [3.63, 3.8) is 0 Å². The van der Waals surface area contributed by atoms with Gasteiger partial charge in [0.2, 0.25) is 5.91 Å². The summed E-state index contributed by atoms with van der Waals surface area (Å²) >= 11 is 0. The van der Waals surface area contributed by atoms with Crippen LogP contribution in [0.3, 0.4) is 0 Å². The molecule has 2 aromatic carbocycles. The first-order valence-electron chi connectivity index (χ1n) is 10.8. The molecular weight excluding hydrogens is 426 g/mol. The molecule has 2 aromatic rings. The summed E-state index contributed by atoms with van der Waals surface area (Å²) in [4.78, 5) is 39.4. The molecule has 33 heavy (non-hydrogen) atoms. The number of ether oxygens (including phenoxy) is 3. The third kappa shape index (κ3) is 4.30. The largest absolute Gasteiger partial charge is 0.497 e. The average molecular weight is 453 g/mol. The smallest absolute Gasteiger partial charge is 0.325 e. The van der Waals surface area contributed by atoms with Crippen LogP contribution in [0.4, 0.5) is 4.79 Å². The van der Waals surface area contributed by atoms with Crippen LogP contribution in [0.25, 0.3) is 0 Å². The summed E-state index contributed by atoms with van der Waals surface area (Å²) in [6.07, 6.45) is 0.620. The standard InChI is InChI=1S/C24H27N3O6/c1-4-18(15-5-10-19-20(13-15)33-12-11-32-19)25-21(28)14-27-22(29)24(2,26-23(27)30)16-6-8-17(31-3)9-7-16/h5-10,13,18H,4,11-12,14H2,1-3H3,(H,25,28)(H,26,30). The van der Waals surface area contributed by atoms with Gasteiger partial charge >= 0.3 is 6.03 Å². The van der Waals surface area contributed by atoms with Gasteiger partial charge in [-0.25, -0.2) is 4.79 Å². The molecule has 2 unspecified atom stereocenters. The predicted molar refractivity (Wildman–Crippen MR) is 119 cm³/mol. The predicted octanol–water partition coefficient (Wildman–Crippen LogP) is 2.50. The van der Waals surface area contributed by atoms with Crippen molar-refractivity contribution >= 4 is 17.8 Å². The lowest BCUT2D eigenvalue weighted by Gasteiger charge is -2.24. The number of benzene rings is 2. The quantitative estimate of drug-likeness (QED) is 0.624. The highest BCUT2D eigenvalue weighted by Crippen LogP contribution is 2.33. The van der Waals surface area contributed by atoms with E-state index in [1.54, 1.807) is 38.3 Å². The van der Waals surface area contributed by atoms with Gasteiger partial charge in [0, 0.05) is 0 Å². The van der Waals surface area contributed by atoms with E-state index in [9.17, 15) is 14.4 Å². The van der Waals surface area contributed by atoms with Crippen molar-refractivity contribution in [3.8, 4) is 17.2 Å². The minimum Gasteiger partial charge on any atom is -0.497 e. The summed E-state index contributed by atoms with van der Waals surface area (Å²) in [6.45, 7) is 4.16. The maximum absolute atomic E-state index is 13.1. The lowest BCUT2D eigenvalue weighted by atomic mass is 9.92. The van der Waals surface area contributed by atoms with Gasteiger partial charge in [-0.3, -0.25) is 14.5 Å². The van der Waals surface area contributed by atoms with Crippen molar-refractivity contribution < 1.29 is 28.6 Å². The van der Waals surface area contributed by atoms with E-state index in [0.29, 0.717) is 42.4 Å². The number of nitrogens with one attached hydrogen (secondary N) is 2. The molecule has 9 nitrogen and oxygen atoms in total. The Labute approximate surface area is 192 Å². The number of hydrogen-bond donors (Lipinski definition) is 2. The molecule has 4 amide bonds. The first-order valence-corrected chi connectivity index (χ1v) is 10.8. The molecular formula is C24H27N3O6. The van der Waals surface area contributed by atoms with Gasteiger partial charge in [-0.15, -0.1) is 0 Å². The van der Waals surface area contributed by atoms with Crippen LogP contribution in [0.2, 0.25) is 0 Å². The Hall–Kier alpha value is -3.75. The monoisotopic (exact) mass is 453 g/mol. The third-order valence-corrected chi connectivity index (χ3v) is 5.96. The van der Waals surface area contributed by atoms with Crippen LogP contribution in [0.5, 0.6) is 17.2 Å². The molecule has 2 aliphatic rings.